The average molecular weight is 473 g/mol. The zero-order valence-corrected chi connectivity index (χ0v) is 20.7. The Morgan fingerprint density at radius 3 is 2.41 bits per heavy atom. The number of carbonyl (C=O) groups is 1. The molecular weight excluding hydrogens is 444 g/mol. The molecule has 0 fully saturated rings. The number of nitrogens with one attached hydrogen (secondary N) is 1. The molecule has 1 unspecified atom stereocenters. The molecule has 1 aromatic heterocycles. The van der Waals surface area contributed by atoms with Gasteiger partial charge in [0.25, 0.3) is 0 Å². The van der Waals surface area contributed by atoms with Gasteiger partial charge in [0.2, 0.25) is 15.9 Å². The Kier molecular flexibility index (Phi) is 7.12. The largest absolute Gasteiger partial charge is 0.325 e. The van der Waals surface area contributed by atoms with Gasteiger partial charge in [0.15, 0.2) is 5.16 Å². The predicted octanol–water partition coefficient (Wildman–Crippen LogP) is 4.17. The molecule has 3 aromatic rings. The van der Waals surface area contributed by atoms with Crippen molar-refractivity contribution in [3.05, 3.63) is 65.5 Å². The summed E-state index contributed by atoms with van der Waals surface area (Å²) in [6, 6.07) is 10.9. The maximum atomic E-state index is 12.9. The van der Waals surface area contributed by atoms with Crippen LogP contribution in [-0.2, 0) is 14.8 Å². The monoisotopic (exact) mass is 472 g/mol. The number of imidazole rings is 1. The molecule has 0 bridgehead atoms. The van der Waals surface area contributed by atoms with Crippen molar-refractivity contribution in [3.63, 3.8) is 0 Å². The van der Waals surface area contributed by atoms with Crippen molar-refractivity contribution in [1.82, 2.24) is 13.9 Å². The van der Waals surface area contributed by atoms with Crippen LogP contribution in [0.1, 0.15) is 23.6 Å². The van der Waals surface area contributed by atoms with Crippen LogP contribution in [0.3, 0.4) is 0 Å². The van der Waals surface area contributed by atoms with E-state index < -0.39 is 15.3 Å². The zero-order chi connectivity index (χ0) is 23.6. The summed E-state index contributed by atoms with van der Waals surface area (Å²) in [5, 5.41) is 3.13. The number of hydrogen-bond donors (Lipinski definition) is 1. The van der Waals surface area contributed by atoms with Gasteiger partial charge < -0.3 is 5.32 Å². The van der Waals surface area contributed by atoms with E-state index in [0.717, 1.165) is 15.6 Å². The molecule has 3 rings (SSSR count). The number of anilines is 1. The Bertz CT molecular complexity index is 1250. The van der Waals surface area contributed by atoms with Crippen LogP contribution in [0.4, 0.5) is 5.69 Å². The van der Waals surface area contributed by atoms with E-state index in [-0.39, 0.29) is 10.8 Å². The van der Waals surface area contributed by atoms with Gasteiger partial charge >= 0.3 is 0 Å². The molecule has 0 aliphatic carbocycles. The number of sulfonamides is 1. The van der Waals surface area contributed by atoms with E-state index >= 15 is 0 Å². The van der Waals surface area contributed by atoms with E-state index in [1.54, 1.807) is 25.3 Å². The fourth-order valence-electron chi connectivity index (χ4n) is 3.00. The van der Waals surface area contributed by atoms with Gasteiger partial charge in [-0.3, -0.25) is 9.36 Å². The smallest absolute Gasteiger partial charge is 0.242 e. The lowest BCUT2D eigenvalue weighted by Crippen LogP contribution is -2.25. The summed E-state index contributed by atoms with van der Waals surface area (Å²) in [6.07, 6.45) is 3.58. The van der Waals surface area contributed by atoms with Crippen molar-refractivity contribution in [1.29, 1.82) is 0 Å². The first-order valence-electron chi connectivity index (χ1n) is 10.1. The van der Waals surface area contributed by atoms with E-state index in [2.05, 4.69) is 36.3 Å². The Labute approximate surface area is 193 Å². The lowest BCUT2D eigenvalue weighted by molar-refractivity contribution is -0.115. The second-order valence-electron chi connectivity index (χ2n) is 7.86. The molecule has 170 valence electrons. The molecule has 9 heteroatoms. The minimum absolute atomic E-state index is 0.133. The highest BCUT2D eigenvalue weighted by atomic mass is 32.2. The van der Waals surface area contributed by atoms with Crippen molar-refractivity contribution in [2.45, 2.75) is 43.0 Å². The first-order chi connectivity index (χ1) is 15.0. The Balaban J connectivity index is 1.79. The van der Waals surface area contributed by atoms with Crippen LogP contribution in [0.15, 0.2) is 58.8 Å². The summed E-state index contributed by atoms with van der Waals surface area (Å²) in [5.41, 5.74) is 4.64. The molecule has 0 saturated carbocycles. The summed E-state index contributed by atoms with van der Waals surface area (Å²) in [4.78, 5) is 17.5. The fourth-order valence-corrected chi connectivity index (χ4v) is 4.81. The van der Waals surface area contributed by atoms with Crippen LogP contribution < -0.4 is 5.32 Å². The summed E-state index contributed by atoms with van der Waals surface area (Å²) >= 11 is 1.34. The minimum Gasteiger partial charge on any atom is -0.325 e. The summed E-state index contributed by atoms with van der Waals surface area (Å²) in [6.45, 7) is 7.75. The van der Waals surface area contributed by atoms with Gasteiger partial charge in [-0.25, -0.2) is 17.7 Å². The molecule has 0 aliphatic heterocycles. The first-order valence-corrected chi connectivity index (χ1v) is 12.4. The van der Waals surface area contributed by atoms with Crippen molar-refractivity contribution in [2.75, 3.05) is 19.4 Å². The summed E-state index contributed by atoms with van der Waals surface area (Å²) in [5.74, 6) is -0.230. The van der Waals surface area contributed by atoms with Crippen LogP contribution in [0.25, 0.3) is 5.69 Å². The molecule has 0 saturated heterocycles. The second kappa shape index (κ2) is 9.48. The third-order valence-corrected chi connectivity index (χ3v) is 8.16. The highest BCUT2D eigenvalue weighted by molar-refractivity contribution is 8.00. The Hall–Kier alpha value is -2.62. The first kappa shape index (κ1) is 24.0. The van der Waals surface area contributed by atoms with Gasteiger partial charge in [-0.1, -0.05) is 23.9 Å². The number of hydrogen-bond acceptors (Lipinski definition) is 5. The number of aromatic nitrogens is 2. The SMILES string of the molecule is Cc1ccc(-n2ccnc2SC(C)C(=O)Nc2cc(S(=O)(=O)N(C)C)ccc2C)cc1C. The van der Waals surface area contributed by atoms with E-state index in [9.17, 15) is 13.2 Å². The molecule has 0 radical (unpaired) electrons. The van der Waals surface area contributed by atoms with Crippen LogP contribution in [0.2, 0.25) is 0 Å². The molecule has 1 amide bonds. The third kappa shape index (κ3) is 5.06. The third-order valence-electron chi connectivity index (χ3n) is 5.27. The highest BCUT2D eigenvalue weighted by Gasteiger charge is 2.21. The number of rotatable bonds is 7. The molecule has 1 N–H and O–H groups in total. The number of carbonyl (C=O) groups excluding carboxylic acids is 1. The predicted molar refractivity (Wildman–Crippen MR) is 129 cm³/mol. The van der Waals surface area contributed by atoms with Gasteiger partial charge in [0, 0.05) is 37.9 Å². The van der Waals surface area contributed by atoms with Crippen molar-refractivity contribution >= 4 is 33.4 Å². The van der Waals surface area contributed by atoms with Gasteiger partial charge in [0.1, 0.15) is 0 Å². The quantitative estimate of drug-likeness (QED) is 0.522. The number of aryl methyl sites for hydroxylation is 3. The van der Waals surface area contributed by atoms with Gasteiger partial charge in [-0.05, 0) is 68.7 Å². The molecule has 0 spiro atoms. The Morgan fingerprint density at radius 2 is 1.75 bits per heavy atom. The van der Waals surface area contributed by atoms with Crippen LogP contribution in [0.5, 0.6) is 0 Å². The van der Waals surface area contributed by atoms with Gasteiger partial charge in [-0.2, -0.15) is 0 Å². The molecule has 7 nitrogen and oxygen atoms in total. The molecule has 2 aromatic carbocycles. The number of nitrogens with zero attached hydrogens (tertiary/aromatic N) is 3. The van der Waals surface area contributed by atoms with Crippen LogP contribution in [0, 0.1) is 20.8 Å². The lowest BCUT2D eigenvalue weighted by Gasteiger charge is -2.16. The molecule has 32 heavy (non-hydrogen) atoms. The van der Waals surface area contributed by atoms with Crippen LogP contribution in [-0.4, -0.2) is 47.5 Å². The van der Waals surface area contributed by atoms with E-state index in [1.807, 2.05) is 23.8 Å². The fraction of sp³-hybridized carbons (Fsp3) is 0.304. The van der Waals surface area contributed by atoms with E-state index in [4.69, 9.17) is 0 Å². The normalized spacial score (nSPS) is 12.7. The maximum absolute atomic E-state index is 12.9. The zero-order valence-electron chi connectivity index (χ0n) is 19.1. The van der Waals surface area contributed by atoms with E-state index in [0.29, 0.717) is 10.8 Å². The average Bonchev–Trinajstić information content (AvgIpc) is 3.19. The van der Waals surface area contributed by atoms with Crippen LogP contribution >= 0.6 is 11.8 Å². The molecule has 1 atom stereocenters. The number of benzene rings is 2. The lowest BCUT2D eigenvalue weighted by atomic mass is 10.1. The number of amides is 1. The summed E-state index contributed by atoms with van der Waals surface area (Å²) < 4.78 is 28.0. The Morgan fingerprint density at radius 1 is 1.06 bits per heavy atom. The topological polar surface area (TPSA) is 84.3 Å². The second-order valence-corrected chi connectivity index (χ2v) is 11.3. The van der Waals surface area contributed by atoms with Crippen molar-refractivity contribution < 1.29 is 13.2 Å². The molecule has 0 aliphatic rings. The number of thioether (sulfide) groups is 1. The van der Waals surface area contributed by atoms with Crippen molar-refractivity contribution in [2.24, 2.45) is 0 Å². The van der Waals surface area contributed by atoms with E-state index in [1.165, 1.54) is 43.1 Å². The maximum Gasteiger partial charge on any atom is 0.242 e. The molecular formula is C23H28N4O3S2. The van der Waals surface area contributed by atoms with Gasteiger partial charge in [0.05, 0.1) is 10.1 Å². The minimum atomic E-state index is -3.59. The highest BCUT2D eigenvalue weighted by Crippen LogP contribution is 2.27. The summed E-state index contributed by atoms with van der Waals surface area (Å²) in [7, 11) is -0.641. The standard InChI is InChI=1S/C23H28N4O3S2/c1-15-7-9-19(13-17(15)3)27-12-11-24-23(27)31-18(4)22(28)25-21-14-20(10-8-16(21)2)32(29,30)26(5)6/h7-14,18H,1-6H3,(H,25,28). The van der Waals surface area contributed by atoms with Gasteiger partial charge in [-0.15, -0.1) is 0 Å². The van der Waals surface area contributed by atoms with Crippen molar-refractivity contribution in [3.8, 4) is 5.69 Å². The molecule has 1 heterocycles.